The molecule has 0 bridgehead atoms. The molecule has 142 valence electrons. The van der Waals surface area contributed by atoms with Crippen LogP contribution < -0.4 is 30.0 Å². The second-order valence-corrected chi connectivity index (χ2v) is 5.07. The first kappa shape index (κ1) is 21.7. The second kappa shape index (κ2) is 10.6. The second-order valence-electron chi connectivity index (χ2n) is 5.07. The van der Waals surface area contributed by atoms with Gasteiger partial charge in [-0.05, 0) is 24.3 Å². The van der Waals surface area contributed by atoms with Crippen molar-refractivity contribution >= 4 is 35.6 Å². The van der Waals surface area contributed by atoms with Crippen molar-refractivity contribution in [3.8, 4) is 23.0 Å². The number of aliphatic imine (C=N–C) groups is 1. The van der Waals surface area contributed by atoms with Gasteiger partial charge < -0.3 is 30.0 Å². The summed E-state index contributed by atoms with van der Waals surface area (Å²) in [6, 6.07) is 11.0. The van der Waals surface area contributed by atoms with Crippen LogP contribution in [0.25, 0.3) is 0 Å². The molecule has 0 fully saturated rings. The summed E-state index contributed by atoms with van der Waals surface area (Å²) in [7, 11) is 6.38. The number of halogens is 1. The molecule has 0 aliphatic heterocycles. The Bertz CT molecular complexity index is 753. The monoisotopic (exact) mass is 473 g/mol. The van der Waals surface area contributed by atoms with E-state index in [9.17, 15) is 0 Å². The van der Waals surface area contributed by atoms with Gasteiger partial charge in [0.2, 0.25) is 0 Å². The van der Waals surface area contributed by atoms with E-state index in [4.69, 9.17) is 24.7 Å². The zero-order valence-corrected chi connectivity index (χ0v) is 17.6. The van der Waals surface area contributed by atoms with Gasteiger partial charge in [0.15, 0.2) is 17.5 Å². The molecule has 2 aromatic carbocycles. The first-order chi connectivity index (χ1) is 12.1. The zero-order valence-electron chi connectivity index (χ0n) is 15.2. The summed E-state index contributed by atoms with van der Waals surface area (Å²) in [5.74, 6) is 2.96. The summed E-state index contributed by atoms with van der Waals surface area (Å²) in [5.41, 5.74) is 7.62. The Morgan fingerprint density at radius 3 is 2.19 bits per heavy atom. The molecule has 2 rings (SSSR count). The van der Waals surface area contributed by atoms with E-state index in [1.807, 2.05) is 24.3 Å². The number of ether oxygens (including phenoxy) is 4. The lowest BCUT2D eigenvalue weighted by Gasteiger charge is -2.11. The van der Waals surface area contributed by atoms with Gasteiger partial charge in [-0.15, -0.1) is 24.0 Å². The molecule has 0 spiro atoms. The van der Waals surface area contributed by atoms with E-state index >= 15 is 0 Å². The molecule has 3 N–H and O–H groups in total. The van der Waals surface area contributed by atoms with Gasteiger partial charge in [0.25, 0.3) is 0 Å². The third-order valence-corrected chi connectivity index (χ3v) is 3.57. The van der Waals surface area contributed by atoms with Crippen LogP contribution in [-0.4, -0.2) is 34.4 Å². The highest BCUT2D eigenvalue weighted by molar-refractivity contribution is 14.0. The lowest BCUT2D eigenvalue weighted by Crippen LogP contribution is -2.22. The number of nitrogens with two attached hydrogens (primary N) is 1. The summed E-state index contributed by atoms with van der Waals surface area (Å²) >= 11 is 0. The first-order valence-electron chi connectivity index (χ1n) is 7.61. The van der Waals surface area contributed by atoms with Crippen molar-refractivity contribution in [3.63, 3.8) is 0 Å². The third kappa shape index (κ3) is 5.58. The maximum absolute atomic E-state index is 5.96. The predicted molar refractivity (Wildman–Crippen MR) is 113 cm³/mol. The lowest BCUT2D eigenvalue weighted by molar-refractivity contribution is 0.355. The molecule has 7 nitrogen and oxygen atoms in total. The molecule has 0 radical (unpaired) electrons. The van der Waals surface area contributed by atoms with Gasteiger partial charge in [0, 0.05) is 23.4 Å². The van der Waals surface area contributed by atoms with Crippen LogP contribution >= 0.6 is 24.0 Å². The van der Waals surface area contributed by atoms with Gasteiger partial charge in [0.1, 0.15) is 11.5 Å². The summed E-state index contributed by atoms with van der Waals surface area (Å²) in [6.07, 6.45) is 0. The average molecular weight is 473 g/mol. The quantitative estimate of drug-likeness (QED) is 0.365. The lowest BCUT2D eigenvalue weighted by atomic mass is 10.2. The average Bonchev–Trinajstić information content (AvgIpc) is 2.65. The van der Waals surface area contributed by atoms with Gasteiger partial charge in [0.05, 0.1) is 35.0 Å². The first-order valence-corrected chi connectivity index (χ1v) is 7.61. The molecule has 0 aromatic heterocycles. The van der Waals surface area contributed by atoms with Crippen LogP contribution in [0.5, 0.6) is 23.0 Å². The van der Waals surface area contributed by atoms with E-state index in [1.165, 1.54) is 0 Å². The Hall–Kier alpha value is -2.36. The van der Waals surface area contributed by atoms with Gasteiger partial charge >= 0.3 is 0 Å². The van der Waals surface area contributed by atoms with Crippen LogP contribution in [0.4, 0.5) is 5.69 Å². The minimum atomic E-state index is 0. The maximum atomic E-state index is 5.96. The predicted octanol–water partition coefficient (Wildman–Crippen LogP) is 3.27. The van der Waals surface area contributed by atoms with Crippen molar-refractivity contribution in [2.75, 3.05) is 33.8 Å². The molecule has 0 heterocycles. The molecule has 8 heteroatoms. The van der Waals surface area contributed by atoms with Gasteiger partial charge in [-0.2, -0.15) is 0 Å². The van der Waals surface area contributed by atoms with Crippen molar-refractivity contribution in [1.82, 2.24) is 0 Å². The highest BCUT2D eigenvalue weighted by atomic mass is 127. The number of methoxy groups -OCH3 is 4. The van der Waals surface area contributed by atoms with Crippen LogP contribution in [0, 0.1) is 0 Å². The zero-order chi connectivity index (χ0) is 18.2. The molecular weight excluding hydrogens is 449 g/mol. The summed E-state index contributed by atoms with van der Waals surface area (Å²) in [6.45, 7) is 0.374. The Morgan fingerprint density at radius 2 is 1.58 bits per heavy atom. The standard InChI is InChI=1S/C18H23N3O4.HI/c1-22-14-7-5-12(16(10-14)24-3)11-20-18(19)21-13-6-8-15(23-2)17(9-13)25-4;/h5-10H,11H2,1-4H3,(H3,19,20,21);1H. The van der Waals surface area contributed by atoms with Crippen molar-refractivity contribution in [3.05, 3.63) is 42.0 Å². The molecule has 0 saturated carbocycles. The molecule has 0 aliphatic carbocycles. The smallest absolute Gasteiger partial charge is 0.193 e. The highest BCUT2D eigenvalue weighted by Gasteiger charge is 2.07. The van der Waals surface area contributed by atoms with Crippen LogP contribution in [0.2, 0.25) is 0 Å². The van der Waals surface area contributed by atoms with Crippen LogP contribution in [0.15, 0.2) is 41.4 Å². The van der Waals surface area contributed by atoms with E-state index in [0.29, 0.717) is 23.8 Å². The summed E-state index contributed by atoms with van der Waals surface area (Å²) < 4.78 is 21.0. The van der Waals surface area contributed by atoms with E-state index in [-0.39, 0.29) is 29.9 Å². The molecule has 0 amide bonds. The number of anilines is 1. The van der Waals surface area contributed by atoms with Gasteiger partial charge in [-0.1, -0.05) is 0 Å². The highest BCUT2D eigenvalue weighted by Crippen LogP contribution is 2.29. The normalized spacial score (nSPS) is 10.5. The van der Waals surface area contributed by atoms with Crippen molar-refractivity contribution in [1.29, 1.82) is 0 Å². The third-order valence-electron chi connectivity index (χ3n) is 3.57. The summed E-state index contributed by atoms with van der Waals surface area (Å²) in [4.78, 5) is 4.34. The van der Waals surface area contributed by atoms with E-state index < -0.39 is 0 Å². The Morgan fingerprint density at radius 1 is 0.885 bits per heavy atom. The molecule has 2 aromatic rings. The number of nitrogens with zero attached hydrogens (tertiary/aromatic N) is 1. The number of hydrogen-bond donors (Lipinski definition) is 2. The molecule has 26 heavy (non-hydrogen) atoms. The topological polar surface area (TPSA) is 87.3 Å². The van der Waals surface area contributed by atoms with Crippen molar-refractivity contribution < 1.29 is 18.9 Å². The minimum Gasteiger partial charge on any atom is -0.497 e. The Labute approximate surface area is 170 Å². The van der Waals surface area contributed by atoms with Crippen molar-refractivity contribution in [2.24, 2.45) is 10.7 Å². The largest absolute Gasteiger partial charge is 0.497 e. The van der Waals surface area contributed by atoms with Crippen LogP contribution in [-0.2, 0) is 6.54 Å². The van der Waals surface area contributed by atoms with E-state index in [0.717, 1.165) is 17.0 Å². The fraction of sp³-hybridized carbons (Fsp3) is 0.278. The van der Waals surface area contributed by atoms with Gasteiger partial charge in [-0.3, -0.25) is 0 Å². The Balaban J connectivity index is 0.00000338. The number of guanidine groups is 1. The van der Waals surface area contributed by atoms with Gasteiger partial charge in [-0.25, -0.2) is 4.99 Å². The minimum absolute atomic E-state index is 0. The molecule has 0 aliphatic rings. The van der Waals surface area contributed by atoms with Crippen LogP contribution in [0.3, 0.4) is 0 Å². The molecular formula is C18H24IN3O4. The number of nitrogens with one attached hydrogen (secondary N) is 1. The van der Waals surface area contributed by atoms with E-state index in [2.05, 4.69) is 10.3 Å². The fourth-order valence-electron chi connectivity index (χ4n) is 2.25. The van der Waals surface area contributed by atoms with Crippen LogP contribution in [0.1, 0.15) is 5.56 Å². The molecule has 0 atom stereocenters. The van der Waals surface area contributed by atoms with Crippen molar-refractivity contribution in [2.45, 2.75) is 6.54 Å². The number of rotatable bonds is 7. The maximum Gasteiger partial charge on any atom is 0.193 e. The molecule has 0 saturated heterocycles. The van der Waals surface area contributed by atoms with E-state index in [1.54, 1.807) is 40.6 Å². The fourth-order valence-corrected chi connectivity index (χ4v) is 2.25. The number of benzene rings is 2. The SMILES string of the molecule is COc1ccc(CN=C(N)Nc2ccc(OC)c(OC)c2)c(OC)c1.I. The summed E-state index contributed by atoms with van der Waals surface area (Å²) in [5, 5.41) is 3.02. The molecule has 0 unspecified atom stereocenters. The number of hydrogen-bond acceptors (Lipinski definition) is 5. The Kier molecular flexibility index (Phi) is 8.83.